The molecule has 0 saturated carbocycles. The normalized spacial score (nSPS) is 20.0. The Balaban J connectivity index is 1.76. The lowest BCUT2D eigenvalue weighted by Crippen LogP contribution is -2.34. The van der Waals surface area contributed by atoms with Gasteiger partial charge in [-0.15, -0.1) is 0 Å². The van der Waals surface area contributed by atoms with Crippen LogP contribution in [0.25, 0.3) is 6.08 Å². The van der Waals surface area contributed by atoms with Crippen LogP contribution < -0.4 is 9.47 Å². The minimum atomic E-state index is -1.42. The molecule has 6 nitrogen and oxygen atoms in total. The van der Waals surface area contributed by atoms with Crippen molar-refractivity contribution in [2.75, 3.05) is 6.79 Å². The molecule has 2 aliphatic rings. The molecule has 0 amide bonds. The van der Waals surface area contributed by atoms with E-state index in [1.165, 1.54) is 19.1 Å². The molecule has 2 aliphatic heterocycles. The molecule has 1 aromatic rings. The van der Waals surface area contributed by atoms with Gasteiger partial charge in [0.15, 0.2) is 29.0 Å². The molecule has 0 bridgehead atoms. The van der Waals surface area contributed by atoms with E-state index in [0.29, 0.717) is 17.1 Å². The first-order valence-corrected chi connectivity index (χ1v) is 6.60. The molecule has 3 rings (SSSR count). The number of cyclic esters (lactones) is 1. The Morgan fingerprint density at radius 3 is 2.77 bits per heavy atom. The maximum atomic E-state index is 12.0. The summed E-state index contributed by atoms with van der Waals surface area (Å²) in [5.74, 6) is -2.03. The van der Waals surface area contributed by atoms with Crippen molar-refractivity contribution in [3.8, 4) is 11.5 Å². The van der Waals surface area contributed by atoms with Crippen LogP contribution in [0, 0.1) is 5.92 Å². The number of esters is 1. The first-order chi connectivity index (χ1) is 10.5. The van der Waals surface area contributed by atoms with Crippen molar-refractivity contribution >= 4 is 23.6 Å². The summed E-state index contributed by atoms with van der Waals surface area (Å²) in [6.07, 6.45) is 3.85. The number of benzene rings is 1. The summed E-state index contributed by atoms with van der Waals surface area (Å²) >= 11 is 0. The summed E-state index contributed by atoms with van der Waals surface area (Å²) in [5, 5.41) is 0. The summed E-state index contributed by atoms with van der Waals surface area (Å²) in [5.41, 5.74) is 0.695. The highest BCUT2D eigenvalue weighted by molar-refractivity contribution is 6.25. The standard InChI is InChI=1S/C16H12O6/c1-9-6-12(18)15(16(19)22-9)11(17)4-2-10-3-5-13-14(7-10)21-8-20-13/h2-7,15H,8H2,1H3. The summed E-state index contributed by atoms with van der Waals surface area (Å²) in [6.45, 7) is 1.65. The Morgan fingerprint density at radius 1 is 1.23 bits per heavy atom. The van der Waals surface area contributed by atoms with E-state index >= 15 is 0 Å². The molecule has 112 valence electrons. The highest BCUT2D eigenvalue weighted by atomic mass is 16.7. The predicted molar refractivity (Wildman–Crippen MR) is 75.0 cm³/mol. The van der Waals surface area contributed by atoms with Gasteiger partial charge in [0.25, 0.3) is 0 Å². The number of ketones is 2. The van der Waals surface area contributed by atoms with Gasteiger partial charge in [0.2, 0.25) is 6.79 Å². The largest absolute Gasteiger partial charge is 0.454 e. The molecule has 6 heteroatoms. The van der Waals surface area contributed by atoms with Crippen molar-refractivity contribution in [3.05, 3.63) is 41.7 Å². The zero-order valence-corrected chi connectivity index (χ0v) is 11.7. The highest BCUT2D eigenvalue weighted by Crippen LogP contribution is 2.32. The quantitative estimate of drug-likeness (QED) is 0.480. The third-order valence-corrected chi connectivity index (χ3v) is 3.25. The second kappa shape index (κ2) is 5.48. The molecule has 1 atom stereocenters. The van der Waals surface area contributed by atoms with Gasteiger partial charge < -0.3 is 14.2 Å². The number of carbonyl (C=O) groups excluding carboxylic acids is 3. The van der Waals surface area contributed by atoms with Gasteiger partial charge in [0.1, 0.15) is 5.76 Å². The van der Waals surface area contributed by atoms with E-state index in [9.17, 15) is 14.4 Å². The Kier molecular flexibility index (Phi) is 3.50. The molecule has 1 aromatic carbocycles. The third kappa shape index (κ3) is 2.63. The molecule has 2 heterocycles. The topological polar surface area (TPSA) is 78.9 Å². The van der Waals surface area contributed by atoms with Crippen LogP contribution in [0.3, 0.4) is 0 Å². The van der Waals surface area contributed by atoms with Crippen LogP contribution in [-0.4, -0.2) is 24.3 Å². The van der Waals surface area contributed by atoms with Crippen LogP contribution in [0.15, 0.2) is 36.1 Å². The van der Waals surface area contributed by atoms with Crippen LogP contribution in [-0.2, 0) is 19.1 Å². The number of rotatable bonds is 3. The monoisotopic (exact) mass is 300 g/mol. The fraction of sp³-hybridized carbons (Fsp3) is 0.188. The van der Waals surface area contributed by atoms with Gasteiger partial charge in [0.05, 0.1) is 0 Å². The first-order valence-electron chi connectivity index (χ1n) is 6.60. The van der Waals surface area contributed by atoms with E-state index in [2.05, 4.69) is 0 Å². The minimum Gasteiger partial charge on any atom is -0.454 e. The van der Waals surface area contributed by atoms with Crippen LogP contribution >= 0.6 is 0 Å². The molecular weight excluding hydrogens is 288 g/mol. The molecule has 0 aliphatic carbocycles. The first kappa shape index (κ1) is 14.1. The van der Waals surface area contributed by atoms with E-state index in [4.69, 9.17) is 14.2 Å². The lowest BCUT2D eigenvalue weighted by molar-refractivity contribution is -0.151. The number of ether oxygens (including phenoxy) is 3. The van der Waals surface area contributed by atoms with E-state index in [-0.39, 0.29) is 12.6 Å². The Morgan fingerprint density at radius 2 is 2.00 bits per heavy atom. The second-order valence-electron chi connectivity index (χ2n) is 4.86. The van der Waals surface area contributed by atoms with Crippen LogP contribution in [0.1, 0.15) is 12.5 Å². The number of allylic oxidation sites excluding steroid dienone is 3. The van der Waals surface area contributed by atoms with Crippen molar-refractivity contribution in [2.45, 2.75) is 6.92 Å². The van der Waals surface area contributed by atoms with Crippen molar-refractivity contribution in [3.63, 3.8) is 0 Å². The van der Waals surface area contributed by atoms with Gasteiger partial charge in [-0.3, -0.25) is 14.4 Å². The molecule has 0 spiro atoms. The van der Waals surface area contributed by atoms with E-state index in [1.54, 1.807) is 18.2 Å². The van der Waals surface area contributed by atoms with Crippen LogP contribution in [0.5, 0.6) is 11.5 Å². The van der Waals surface area contributed by atoms with E-state index in [0.717, 1.165) is 6.08 Å². The summed E-state index contributed by atoms with van der Waals surface area (Å²) in [7, 11) is 0. The van der Waals surface area contributed by atoms with E-state index in [1.807, 2.05) is 0 Å². The Bertz CT molecular complexity index is 728. The Hall–Kier alpha value is -2.89. The van der Waals surface area contributed by atoms with Gasteiger partial charge in [-0.25, -0.2) is 0 Å². The molecule has 0 fully saturated rings. The zero-order chi connectivity index (χ0) is 15.7. The predicted octanol–water partition coefficient (Wildman–Crippen LogP) is 1.64. The van der Waals surface area contributed by atoms with Crippen LogP contribution in [0.4, 0.5) is 0 Å². The molecular formula is C16H12O6. The fourth-order valence-corrected chi connectivity index (χ4v) is 2.19. The van der Waals surface area contributed by atoms with E-state index < -0.39 is 23.5 Å². The molecule has 0 saturated heterocycles. The number of hydrogen-bond acceptors (Lipinski definition) is 6. The second-order valence-corrected chi connectivity index (χ2v) is 4.86. The molecule has 0 aromatic heterocycles. The lowest BCUT2D eigenvalue weighted by Gasteiger charge is -2.15. The van der Waals surface area contributed by atoms with Gasteiger partial charge in [0, 0.05) is 6.08 Å². The maximum Gasteiger partial charge on any atom is 0.329 e. The SMILES string of the molecule is CC1=CC(=O)C(C(=O)C=Cc2ccc3c(c2)OCO3)C(=O)O1. The van der Waals surface area contributed by atoms with Gasteiger partial charge in [-0.05, 0) is 30.7 Å². The van der Waals surface area contributed by atoms with Crippen molar-refractivity contribution < 1.29 is 28.6 Å². The zero-order valence-electron chi connectivity index (χ0n) is 11.7. The molecule has 1 unspecified atom stereocenters. The van der Waals surface area contributed by atoms with Crippen molar-refractivity contribution in [2.24, 2.45) is 5.92 Å². The fourth-order valence-electron chi connectivity index (χ4n) is 2.19. The lowest BCUT2D eigenvalue weighted by atomic mass is 9.96. The van der Waals surface area contributed by atoms with Gasteiger partial charge in [-0.2, -0.15) is 0 Å². The highest BCUT2D eigenvalue weighted by Gasteiger charge is 2.36. The Labute approximate surface area is 126 Å². The number of carbonyl (C=O) groups is 3. The molecule has 0 radical (unpaired) electrons. The average molecular weight is 300 g/mol. The van der Waals surface area contributed by atoms with Crippen molar-refractivity contribution in [1.29, 1.82) is 0 Å². The maximum absolute atomic E-state index is 12.0. The summed E-state index contributed by atoms with van der Waals surface area (Å²) < 4.78 is 15.2. The smallest absolute Gasteiger partial charge is 0.329 e. The number of hydrogen-bond donors (Lipinski definition) is 0. The van der Waals surface area contributed by atoms with Crippen LogP contribution in [0.2, 0.25) is 0 Å². The third-order valence-electron chi connectivity index (χ3n) is 3.25. The molecule has 0 N–H and O–H groups in total. The van der Waals surface area contributed by atoms with Gasteiger partial charge >= 0.3 is 5.97 Å². The van der Waals surface area contributed by atoms with Crippen molar-refractivity contribution in [1.82, 2.24) is 0 Å². The average Bonchev–Trinajstić information content (AvgIpc) is 2.91. The summed E-state index contributed by atoms with van der Waals surface area (Å²) in [4.78, 5) is 35.4. The van der Waals surface area contributed by atoms with Gasteiger partial charge in [-0.1, -0.05) is 12.1 Å². The molecule has 22 heavy (non-hydrogen) atoms. The minimum absolute atomic E-state index is 0.162. The number of fused-ring (bicyclic) bond motifs is 1. The summed E-state index contributed by atoms with van der Waals surface area (Å²) in [6, 6.07) is 5.16.